The molecule has 33 heavy (non-hydrogen) atoms. The van der Waals surface area contributed by atoms with E-state index in [1.54, 1.807) is 6.92 Å². The second-order valence-corrected chi connectivity index (χ2v) is 10.3. The summed E-state index contributed by atoms with van der Waals surface area (Å²) in [4.78, 5) is 12.6. The lowest BCUT2D eigenvalue weighted by molar-refractivity contribution is -0.143. The lowest BCUT2D eigenvalue weighted by atomic mass is 9.94. The number of carbonyl (C=O) groups excluding carboxylic acids is 1. The summed E-state index contributed by atoms with van der Waals surface area (Å²) in [5.74, 6) is -2.21. The molecule has 1 fully saturated rings. The largest absolute Gasteiger partial charge is 0.463 e. The van der Waals surface area contributed by atoms with Crippen LogP contribution in [0.1, 0.15) is 64.4 Å². The van der Waals surface area contributed by atoms with Gasteiger partial charge in [-0.15, -0.1) is 0 Å². The topological polar surface area (TPSA) is 90.9 Å². The van der Waals surface area contributed by atoms with Crippen molar-refractivity contribution in [1.29, 1.82) is 0 Å². The number of hydrogen-bond donors (Lipinski definition) is 1. The van der Waals surface area contributed by atoms with E-state index in [-0.39, 0.29) is 18.6 Å². The molecule has 0 bridgehead atoms. The number of hydrogen-bond acceptors (Lipinski definition) is 6. The Labute approximate surface area is 195 Å². The zero-order valence-corrected chi connectivity index (χ0v) is 20.2. The maximum atomic E-state index is 13.9. The van der Waals surface area contributed by atoms with Gasteiger partial charge in [-0.2, -0.15) is 0 Å². The van der Waals surface area contributed by atoms with E-state index in [0.717, 1.165) is 32.1 Å². The van der Waals surface area contributed by atoms with Crippen LogP contribution in [0.5, 0.6) is 0 Å². The molecule has 1 heterocycles. The summed E-state index contributed by atoms with van der Waals surface area (Å²) in [6.45, 7) is 4.66. The summed E-state index contributed by atoms with van der Waals surface area (Å²) in [6.07, 6.45) is 7.64. The van der Waals surface area contributed by atoms with Gasteiger partial charge in [-0.25, -0.2) is 17.6 Å². The first-order chi connectivity index (χ1) is 15.8. The first kappa shape index (κ1) is 25.6. The monoisotopic (exact) mass is 483 g/mol. The normalized spacial score (nSPS) is 20.0. The van der Waals surface area contributed by atoms with Crippen molar-refractivity contribution in [1.82, 2.24) is 0 Å². The second kappa shape index (κ2) is 11.4. The van der Waals surface area contributed by atoms with Gasteiger partial charge in [0.25, 0.3) is 0 Å². The summed E-state index contributed by atoms with van der Waals surface area (Å²) >= 11 is 0. The average Bonchev–Trinajstić information content (AvgIpc) is 3.22. The molecule has 184 valence electrons. The van der Waals surface area contributed by atoms with E-state index < -0.39 is 32.8 Å². The van der Waals surface area contributed by atoms with Gasteiger partial charge < -0.3 is 14.2 Å². The third-order valence-electron chi connectivity index (χ3n) is 6.01. The van der Waals surface area contributed by atoms with Crippen LogP contribution in [0.2, 0.25) is 0 Å². The third kappa shape index (κ3) is 6.55. The first-order valence-corrected chi connectivity index (χ1v) is 13.3. The lowest BCUT2D eigenvalue weighted by Crippen LogP contribution is -2.42. The summed E-state index contributed by atoms with van der Waals surface area (Å²) in [5, 5.41) is -1.13. The molecule has 1 unspecified atom stereocenters. The molecule has 0 aromatic heterocycles. The van der Waals surface area contributed by atoms with E-state index in [9.17, 15) is 17.6 Å². The van der Waals surface area contributed by atoms with Gasteiger partial charge >= 0.3 is 5.97 Å². The second-order valence-electron chi connectivity index (χ2n) is 8.47. The van der Waals surface area contributed by atoms with E-state index in [1.165, 1.54) is 24.3 Å². The number of halogens is 1. The maximum absolute atomic E-state index is 13.9. The molecular weight excluding hydrogens is 449 g/mol. The molecule has 1 aliphatic carbocycles. The van der Waals surface area contributed by atoms with Crippen LogP contribution in [-0.4, -0.2) is 45.2 Å². The van der Waals surface area contributed by atoms with Crippen molar-refractivity contribution in [3.63, 3.8) is 0 Å². The van der Waals surface area contributed by atoms with Crippen LogP contribution < -0.4 is 4.72 Å². The van der Waals surface area contributed by atoms with Crippen LogP contribution in [0.15, 0.2) is 29.8 Å². The Morgan fingerprint density at radius 3 is 2.61 bits per heavy atom. The molecular formula is C24H34FNO6S. The Balaban J connectivity index is 1.82. The van der Waals surface area contributed by atoms with Crippen molar-refractivity contribution in [3.05, 3.63) is 41.2 Å². The molecule has 1 saturated heterocycles. The predicted molar refractivity (Wildman–Crippen MR) is 124 cm³/mol. The minimum Gasteiger partial charge on any atom is -0.463 e. The fraction of sp³-hybridized carbons (Fsp3) is 0.625. The Morgan fingerprint density at radius 2 is 1.91 bits per heavy atom. The van der Waals surface area contributed by atoms with Crippen LogP contribution in [0.3, 0.4) is 0 Å². The molecule has 1 aromatic rings. The van der Waals surface area contributed by atoms with E-state index in [0.29, 0.717) is 37.3 Å². The average molecular weight is 484 g/mol. The molecule has 0 radical (unpaired) electrons. The van der Waals surface area contributed by atoms with E-state index in [4.69, 9.17) is 14.2 Å². The van der Waals surface area contributed by atoms with Crippen molar-refractivity contribution in [2.45, 2.75) is 76.3 Å². The van der Waals surface area contributed by atoms with E-state index in [1.807, 2.05) is 0 Å². The zero-order chi connectivity index (χ0) is 23.9. The number of benzene rings is 1. The lowest BCUT2D eigenvalue weighted by Gasteiger charge is -2.33. The standard InChI is InChI=1S/C24H34FNO6S/c1-3-5-6-7-8-9-18-16-19(25)10-11-21(18)26-33(28,29)22-12-13-24(31-14-15-32-24)17-20(22)23(27)30-4-2/h10-11,16-17,22,26H,3-9,12-15H2,1-2H3. The number of sulfonamides is 1. The van der Waals surface area contributed by atoms with Gasteiger partial charge in [-0.1, -0.05) is 32.6 Å². The minimum absolute atomic E-state index is 0.000673. The van der Waals surface area contributed by atoms with Crippen LogP contribution in [-0.2, 0) is 35.4 Å². The molecule has 2 aliphatic rings. The van der Waals surface area contributed by atoms with Gasteiger partial charge in [0.05, 0.1) is 31.1 Å². The molecule has 9 heteroatoms. The molecule has 1 atom stereocenters. The molecule has 7 nitrogen and oxygen atoms in total. The van der Waals surface area contributed by atoms with E-state index >= 15 is 0 Å². The number of ether oxygens (including phenoxy) is 3. The van der Waals surface area contributed by atoms with Crippen LogP contribution in [0.25, 0.3) is 0 Å². The van der Waals surface area contributed by atoms with Crippen LogP contribution in [0.4, 0.5) is 10.1 Å². The van der Waals surface area contributed by atoms with Gasteiger partial charge in [0.1, 0.15) is 11.1 Å². The minimum atomic E-state index is -4.02. The number of esters is 1. The maximum Gasteiger partial charge on any atom is 0.335 e. The number of rotatable bonds is 11. The van der Waals surface area contributed by atoms with Crippen LogP contribution >= 0.6 is 0 Å². The van der Waals surface area contributed by atoms with Crippen molar-refractivity contribution in [3.8, 4) is 0 Å². The molecule has 0 amide bonds. The summed E-state index contributed by atoms with van der Waals surface area (Å²) in [5.41, 5.74) is 0.941. The van der Waals surface area contributed by atoms with Gasteiger partial charge in [0.15, 0.2) is 5.79 Å². The fourth-order valence-electron chi connectivity index (χ4n) is 4.33. The molecule has 1 spiro atoms. The molecule has 1 N–H and O–H groups in total. The highest BCUT2D eigenvalue weighted by molar-refractivity contribution is 7.93. The highest BCUT2D eigenvalue weighted by Gasteiger charge is 2.46. The molecule has 1 aromatic carbocycles. The van der Waals surface area contributed by atoms with Crippen LogP contribution in [0, 0.1) is 5.82 Å². The van der Waals surface area contributed by atoms with Crippen molar-refractivity contribution in [2.24, 2.45) is 0 Å². The zero-order valence-electron chi connectivity index (χ0n) is 19.4. The van der Waals surface area contributed by atoms with Crippen molar-refractivity contribution < 1.29 is 31.8 Å². The Hall–Kier alpha value is -1.97. The smallest absolute Gasteiger partial charge is 0.335 e. The van der Waals surface area contributed by atoms with Gasteiger partial charge in [-0.05, 0) is 56.0 Å². The fourth-order valence-corrected chi connectivity index (χ4v) is 5.90. The number of aryl methyl sites for hydroxylation is 1. The van der Waals surface area contributed by atoms with Crippen molar-refractivity contribution >= 4 is 21.7 Å². The highest BCUT2D eigenvalue weighted by atomic mass is 32.2. The van der Waals surface area contributed by atoms with Gasteiger partial charge in [-0.3, -0.25) is 4.72 Å². The molecule has 1 aliphatic heterocycles. The van der Waals surface area contributed by atoms with Gasteiger partial charge in [0.2, 0.25) is 10.0 Å². The molecule has 3 rings (SSSR count). The summed E-state index contributed by atoms with van der Waals surface area (Å²) < 4.78 is 59.8. The number of anilines is 1. The van der Waals surface area contributed by atoms with Crippen molar-refractivity contribution in [2.75, 3.05) is 24.5 Å². The number of nitrogens with one attached hydrogen (secondary N) is 1. The Morgan fingerprint density at radius 1 is 1.18 bits per heavy atom. The van der Waals surface area contributed by atoms with Gasteiger partial charge in [0, 0.05) is 6.42 Å². The molecule has 0 saturated carbocycles. The third-order valence-corrected chi connectivity index (χ3v) is 7.75. The summed E-state index contributed by atoms with van der Waals surface area (Å²) in [7, 11) is -4.02. The quantitative estimate of drug-likeness (QED) is 0.369. The van der Waals surface area contributed by atoms with E-state index in [2.05, 4.69) is 11.6 Å². The Bertz CT molecular complexity index is 956. The first-order valence-electron chi connectivity index (χ1n) is 11.8. The Kier molecular flexibility index (Phi) is 8.89. The predicted octanol–water partition coefficient (Wildman–Crippen LogP) is 4.48. The SMILES string of the molecule is CCCCCCCc1cc(F)ccc1NS(=O)(=O)C1CCC2(C=C1C(=O)OCC)OCCO2. The number of unbranched alkanes of at least 4 members (excludes halogenated alkanes) is 4. The number of carbonyl (C=O) groups is 1. The highest BCUT2D eigenvalue weighted by Crippen LogP contribution is 2.38. The summed E-state index contributed by atoms with van der Waals surface area (Å²) in [6, 6.07) is 4.04.